The predicted octanol–water partition coefficient (Wildman–Crippen LogP) is 3.05. The minimum Gasteiger partial charge on any atom is -0.454 e. The molecule has 1 aliphatic rings. The molecule has 21 heavy (non-hydrogen) atoms. The zero-order valence-corrected chi connectivity index (χ0v) is 11.3. The molecule has 1 aliphatic heterocycles. The standard InChI is InChI=1S/C16H13NO4/c1-2-3-5-17-15(18)12-8-14-13(20-9-21-14)7-11(12)10-4-6-19-16(10)17/h2,4,6-8H,1,3,5,9H2. The Bertz CT molecular complexity index is 919. The predicted molar refractivity (Wildman–Crippen MR) is 78.9 cm³/mol. The Kier molecular flexibility index (Phi) is 2.54. The van der Waals surface area contributed by atoms with Crippen LogP contribution < -0.4 is 15.0 Å². The molecule has 0 saturated carbocycles. The van der Waals surface area contributed by atoms with Gasteiger partial charge in [-0.3, -0.25) is 9.36 Å². The van der Waals surface area contributed by atoms with E-state index in [-0.39, 0.29) is 12.4 Å². The summed E-state index contributed by atoms with van der Waals surface area (Å²) in [7, 11) is 0. The Labute approximate surface area is 120 Å². The van der Waals surface area contributed by atoms with Crippen molar-refractivity contribution in [2.24, 2.45) is 0 Å². The fraction of sp³-hybridized carbons (Fsp3) is 0.188. The zero-order valence-electron chi connectivity index (χ0n) is 11.3. The van der Waals surface area contributed by atoms with Crippen molar-refractivity contribution >= 4 is 21.9 Å². The van der Waals surface area contributed by atoms with Crippen LogP contribution in [0.3, 0.4) is 0 Å². The number of hydrogen-bond acceptors (Lipinski definition) is 4. The maximum atomic E-state index is 12.7. The highest BCUT2D eigenvalue weighted by atomic mass is 16.7. The molecule has 5 heteroatoms. The van der Waals surface area contributed by atoms with Crippen molar-refractivity contribution < 1.29 is 13.9 Å². The summed E-state index contributed by atoms with van der Waals surface area (Å²) in [4.78, 5) is 12.7. The molecule has 0 atom stereocenters. The number of ether oxygens (including phenoxy) is 2. The van der Waals surface area contributed by atoms with Gasteiger partial charge in [0.2, 0.25) is 12.5 Å². The first kappa shape index (κ1) is 12.1. The van der Waals surface area contributed by atoms with Crippen molar-refractivity contribution in [3.05, 3.63) is 47.5 Å². The number of fused-ring (bicyclic) bond motifs is 4. The highest BCUT2D eigenvalue weighted by Gasteiger charge is 2.19. The second-order valence-corrected chi connectivity index (χ2v) is 4.92. The summed E-state index contributed by atoms with van der Waals surface area (Å²) in [5.41, 5.74) is 0.487. The first-order valence-electron chi connectivity index (χ1n) is 6.74. The van der Waals surface area contributed by atoms with Gasteiger partial charge in [-0.25, -0.2) is 0 Å². The molecule has 0 spiro atoms. The molecule has 0 fully saturated rings. The van der Waals surface area contributed by atoms with E-state index in [1.807, 2.05) is 12.1 Å². The lowest BCUT2D eigenvalue weighted by Crippen LogP contribution is -2.20. The molecule has 4 rings (SSSR count). The van der Waals surface area contributed by atoms with Gasteiger partial charge in [-0.05, 0) is 24.6 Å². The highest BCUT2D eigenvalue weighted by Crippen LogP contribution is 2.37. The normalized spacial score (nSPS) is 13.1. The largest absolute Gasteiger partial charge is 0.454 e. The summed E-state index contributed by atoms with van der Waals surface area (Å²) in [6, 6.07) is 5.45. The van der Waals surface area contributed by atoms with E-state index in [0.29, 0.717) is 35.6 Å². The van der Waals surface area contributed by atoms with Crippen LogP contribution in [-0.2, 0) is 6.54 Å². The molecule has 3 heterocycles. The van der Waals surface area contributed by atoms with Crippen molar-refractivity contribution in [1.82, 2.24) is 4.57 Å². The van der Waals surface area contributed by atoms with Crippen LogP contribution in [0.15, 0.2) is 46.3 Å². The minimum atomic E-state index is -0.0902. The topological polar surface area (TPSA) is 53.6 Å². The molecule has 2 aromatic heterocycles. The smallest absolute Gasteiger partial charge is 0.261 e. The Balaban J connectivity index is 2.11. The van der Waals surface area contributed by atoms with Crippen molar-refractivity contribution in [2.45, 2.75) is 13.0 Å². The number of benzene rings is 1. The second kappa shape index (κ2) is 4.41. The van der Waals surface area contributed by atoms with Crippen molar-refractivity contribution in [2.75, 3.05) is 6.79 Å². The molecule has 0 N–H and O–H groups in total. The quantitative estimate of drug-likeness (QED) is 0.693. The van der Waals surface area contributed by atoms with Crippen LogP contribution >= 0.6 is 0 Å². The number of furan rings is 1. The monoisotopic (exact) mass is 283 g/mol. The molecule has 0 radical (unpaired) electrons. The Hall–Kier alpha value is -2.69. The van der Waals surface area contributed by atoms with Gasteiger partial charge >= 0.3 is 0 Å². The van der Waals surface area contributed by atoms with Crippen LogP contribution in [0, 0.1) is 0 Å². The van der Waals surface area contributed by atoms with Crippen LogP contribution in [0.25, 0.3) is 21.9 Å². The molecule has 0 bridgehead atoms. The van der Waals surface area contributed by atoms with E-state index < -0.39 is 0 Å². The lowest BCUT2D eigenvalue weighted by Gasteiger charge is -2.08. The third kappa shape index (κ3) is 1.67. The Morgan fingerprint density at radius 2 is 1.95 bits per heavy atom. The fourth-order valence-electron chi connectivity index (χ4n) is 2.72. The van der Waals surface area contributed by atoms with Gasteiger partial charge in [0.25, 0.3) is 5.56 Å². The van der Waals surface area contributed by atoms with E-state index in [1.165, 1.54) is 0 Å². The molecule has 106 valence electrons. The van der Waals surface area contributed by atoms with Gasteiger partial charge in [-0.1, -0.05) is 6.08 Å². The molecule has 0 unspecified atom stereocenters. The number of hydrogen-bond donors (Lipinski definition) is 0. The first-order valence-corrected chi connectivity index (χ1v) is 6.74. The van der Waals surface area contributed by atoms with E-state index in [9.17, 15) is 4.79 Å². The van der Waals surface area contributed by atoms with Gasteiger partial charge < -0.3 is 13.9 Å². The summed E-state index contributed by atoms with van der Waals surface area (Å²) >= 11 is 0. The SMILES string of the molecule is C=CCCn1c(=O)c2cc3c(cc2c2ccoc21)OCO3. The summed E-state index contributed by atoms with van der Waals surface area (Å²) < 4.78 is 17.9. The first-order chi connectivity index (χ1) is 10.3. The summed E-state index contributed by atoms with van der Waals surface area (Å²) in [5.74, 6) is 1.27. The summed E-state index contributed by atoms with van der Waals surface area (Å²) in [6.07, 6.45) is 4.08. The van der Waals surface area contributed by atoms with Crippen LogP contribution in [0.2, 0.25) is 0 Å². The molecular formula is C16H13NO4. The van der Waals surface area contributed by atoms with Crippen LogP contribution in [-0.4, -0.2) is 11.4 Å². The van der Waals surface area contributed by atoms with E-state index in [0.717, 1.165) is 10.8 Å². The van der Waals surface area contributed by atoms with Crippen LogP contribution in [0.1, 0.15) is 6.42 Å². The highest BCUT2D eigenvalue weighted by molar-refractivity contribution is 6.05. The number of pyridine rings is 1. The van der Waals surface area contributed by atoms with E-state index in [2.05, 4.69) is 6.58 Å². The molecule has 1 aromatic carbocycles. The number of allylic oxidation sites excluding steroid dienone is 1. The van der Waals surface area contributed by atoms with E-state index in [1.54, 1.807) is 23.0 Å². The lowest BCUT2D eigenvalue weighted by atomic mass is 10.1. The third-order valence-electron chi connectivity index (χ3n) is 3.73. The van der Waals surface area contributed by atoms with Gasteiger partial charge in [-0.15, -0.1) is 6.58 Å². The average molecular weight is 283 g/mol. The average Bonchev–Trinajstić information content (AvgIpc) is 3.14. The number of rotatable bonds is 3. The van der Waals surface area contributed by atoms with Gasteiger partial charge in [0, 0.05) is 17.3 Å². The maximum Gasteiger partial charge on any atom is 0.261 e. The number of aryl methyl sites for hydroxylation is 1. The number of nitrogens with zero attached hydrogens (tertiary/aromatic N) is 1. The van der Waals surface area contributed by atoms with Crippen LogP contribution in [0.5, 0.6) is 11.5 Å². The van der Waals surface area contributed by atoms with Crippen molar-refractivity contribution in [3.8, 4) is 11.5 Å². The fourth-order valence-corrected chi connectivity index (χ4v) is 2.72. The van der Waals surface area contributed by atoms with Crippen LogP contribution in [0.4, 0.5) is 0 Å². The maximum absolute atomic E-state index is 12.7. The van der Waals surface area contributed by atoms with E-state index in [4.69, 9.17) is 13.9 Å². The lowest BCUT2D eigenvalue weighted by molar-refractivity contribution is 0.174. The molecule has 0 amide bonds. The van der Waals surface area contributed by atoms with Gasteiger partial charge in [0.1, 0.15) is 0 Å². The molecule has 3 aromatic rings. The summed E-state index contributed by atoms with van der Waals surface area (Å²) in [5, 5.41) is 2.33. The molecular weight excluding hydrogens is 270 g/mol. The molecule has 5 nitrogen and oxygen atoms in total. The van der Waals surface area contributed by atoms with E-state index >= 15 is 0 Å². The molecule has 0 saturated heterocycles. The Morgan fingerprint density at radius 1 is 1.19 bits per heavy atom. The van der Waals surface area contributed by atoms with Gasteiger partial charge in [0.15, 0.2) is 11.5 Å². The zero-order chi connectivity index (χ0) is 14.4. The van der Waals surface area contributed by atoms with Gasteiger partial charge in [0.05, 0.1) is 11.6 Å². The third-order valence-corrected chi connectivity index (χ3v) is 3.73. The second-order valence-electron chi connectivity index (χ2n) is 4.92. The van der Waals surface area contributed by atoms with Gasteiger partial charge in [-0.2, -0.15) is 0 Å². The Morgan fingerprint density at radius 3 is 2.71 bits per heavy atom. The minimum absolute atomic E-state index is 0.0902. The summed E-state index contributed by atoms with van der Waals surface area (Å²) in [6.45, 7) is 4.42. The number of aromatic nitrogens is 1. The van der Waals surface area contributed by atoms with Crippen molar-refractivity contribution in [1.29, 1.82) is 0 Å². The van der Waals surface area contributed by atoms with Crippen molar-refractivity contribution in [3.63, 3.8) is 0 Å². The molecule has 0 aliphatic carbocycles.